The van der Waals surface area contributed by atoms with E-state index in [1.165, 1.54) is 17.4 Å². The van der Waals surface area contributed by atoms with Crippen molar-refractivity contribution in [2.75, 3.05) is 14.2 Å². The van der Waals surface area contributed by atoms with Gasteiger partial charge in [-0.3, -0.25) is 0 Å². The zero-order chi connectivity index (χ0) is 17.8. The Morgan fingerprint density at radius 1 is 1.28 bits per heavy atom. The average molecular weight is 360 g/mol. The fraction of sp³-hybridized carbons (Fsp3) is 0.235. The van der Waals surface area contributed by atoms with Crippen molar-refractivity contribution in [2.45, 2.75) is 13.5 Å². The number of carbonyl (C=O) groups excluding carboxylic acids is 1. The molecule has 0 spiro atoms. The van der Waals surface area contributed by atoms with Gasteiger partial charge in [0.05, 0.1) is 31.2 Å². The van der Waals surface area contributed by atoms with Gasteiger partial charge in [-0.1, -0.05) is 11.2 Å². The van der Waals surface area contributed by atoms with E-state index in [1.807, 2.05) is 23.6 Å². The lowest BCUT2D eigenvalue weighted by molar-refractivity contribution is 0.0421. The zero-order valence-electron chi connectivity index (χ0n) is 13.9. The van der Waals surface area contributed by atoms with Crippen LogP contribution in [0.15, 0.2) is 34.2 Å². The van der Waals surface area contributed by atoms with E-state index >= 15 is 0 Å². The van der Waals surface area contributed by atoms with Gasteiger partial charge in [0.15, 0.2) is 11.5 Å². The van der Waals surface area contributed by atoms with Crippen LogP contribution >= 0.6 is 11.3 Å². The fourth-order valence-electron chi connectivity index (χ4n) is 2.22. The van der Waals surface area contributed by atoms with E-state index in [1.54, 1.807) is 21.1 Å². The van der Waals surface area contributed by atoms with Crippen LogP contribution in [-0.2, 0) is 11.3 Å². The van der Waals surface area contributed by atoms with Crippen molar-refractivity contribution in [3.05, 3.63) is 46.8 Å². The monoisotopic (exact) mass is 360 g/mol. The number of thiazole rings is 1. The third kappa shape index (κ3) is 3.63. The Hall–Kier alpha value is -2.87. The van der Waals surface area contributed by atoms with Gasteiger partial charge in [0.25, 0.3) is 0 Å². The molecule has 2 aromatic heterocycles. The molecule has 0 N–H and O–H groups in total. The van der Waals surface area contributed by atoms with Gasteiger partial charge in [-0.05, 0) is 19.1 Å². The van der Waals surface area contributed by atoms with E-state index in [0.717, 1.165) is 10.6 Å². The van der Waals surface area contributed by atoms with Crippen LogP contribution in [-0.4, -0.2) is 30.3 Å². The quantitative estimate of drug-likeness (QED) is 0.622. The predicted octanol–water partition coefficient (Wildman–Crippen LogP) is 3.48. The van der Waals surface area contributed by atoms with Gasteiger partial charge >= 0.3 is 5.97 Å². The summed E-state index contributed by atoms with van der Waals surface area (Å²) in [5.41, 5.74) is 2.07. The first-order valence-electron chi connectivity index (χ1n) is 7.38. The highest BCUT2D eigenvalue weighted by Crippen LogP contribution is 2.39. The van der Waals surface area contributed by atoms with E-state index in [-0.39, 0.29) is 12.4 Å². The molecule has 2 heterocycles. The number of carbonyl (C=O) groups is 1. The predicted molar refractivity (Wildman–Crippen MR) is 91.0 cm³/mol. The maximum Gasteiger partial charge on any atom is 0.377 e. The average Bonchev–Trinajstić information content (AvgIpc) is 3.28. The molecule has 3 rings (SSSR count). The van der Waals surface area contributed by atoms with Crippen molar-refractivity contribution < 1.29 is 23.5 Å². The summed E-state index contributed by atoms with van der Waals surface area (Å²) in [7, 11) is 3.16. The number of benzene rings is 1. The minimum atomic E-state index is -0.575. The number of hydrogen-bond acceptors (Lipinski definition) is 8. The zero-order valence-corrected chi connectivity index (χ0v) is 14.8. The molecular formula is C17H16N2O5S. The second-order valence-corrected chi connectivity index (χ2v) is 5.95. The van der Waals surface area contributed by atoms with Gasteiger partial charge in [-0.2, -0.15) is 0 Å². The number of methoxy groups -OCH3 is 2. The van der Waals surface area contributed by atoms with Crippen LogP contribution in [0.5, 0.6) is 11.5 Å². The molecule has 0 bridgehead atoms. The summed E-state index contributed by atoms with van der Waals surface area (Å²) in [4.78, 5) is 16.4. The molecule has 130 valence electrons. The molecule has 0 fully saturated rings. The Morgan fingerprint density at radius 2 is 2.12 bits per heavy atom. The first kappa shape index (κ1) is 17.0. The molecule has 0 aliphatic carbocycles. The van der Waals surface area contributed by atoms with E-state index in [0.29, 0.717) is 22.9 Å². The van der Waals surface area contributed by atoms with Crippen molar-refractivity contribution in [3.63, 3.8) is 0 Å². The third-order valence-electron chi connectivity index (χ3n) is 3.37. The molecule has 0 atom stereocenters. The molecule has 0 saturated heterocycles. The summed E-state index contributed by atoms with van der Waals surface area (Å²) in [6, 6.07) is 7.10. The Labute approximate surface area is 148 Å². The molecule has 0 unspecified atom stereocenters. The van der Waals surface area contributed by atoms with E-state index in [2.05, 4.69) is 10.1 Å². The summed E-state index contributed by atoms with van der Waals surface area (Å²) in [6.07, 6.45) is 0. The number of rotatable bonds is 6. The molecule has 0 aliphatic heterocycles. The number of nitrogens with zero attached hydrogens (tertiary/aromatic N) is 2. The highest BCUT2D eigenvalue weighted by Gasteiger charge is 2.17. The maximum absolute atomic E-state index is 11.9. The summed E-state index contributed by atoms with van der Waals surface area (Å²) in [5, 5.41) is 6.23. The summed E-state index contributed by atoms with van der Waals surface area (Å²) < 4.78 is 20.8. The van der Waals surface area contributed by atoms with Gasteiger partial charge in [0.2, 0.25) is 5.76 Å². The molecule has 3 aromatic rings. The van der Waals surface area contributed by atoms with Crippen molar-refractivity contribution in [3.8, 4) is 22.1 Å². The van der Waals surface area contributed by atoms with Crippen molar-refractivity contribution in [2.24, 2.45) is 0 Å². The smallest absolute Gasteiger partial charge is 0.377 e. The molecule has 8 heteroatoms. The van der Waals surface area contributed by atoms with Crippen LogP contribution in [0.4, 0.5) is 0 Å². The number of aryl methyl sites for hydroxylation is 1. The Bertz CT molecular complexity index is 887. The lowest BCUT2D eigenvalue weighted by Crippen LogP contribution is -2.04. The SMILES string of the molecule is COc1cccc(-c2nc(COC(=O)c3cc(C)no3)cs2)c1OC. The van der Waals surface area contributed by atoms with Crippen LogP contribution in [0, 0.1) is 6.92 Å². The number of hydrogen-bond donors (Lipinski definition) is 0. The van der Waals surface area contributed by atoms with Crippen LogP contribution < -0.4 is 9.47 Å². The van der Waals surface area contributed by atoms with E-state index < -0.39 is 5.97 Å². The van der Waals surface area contributed by atoms with Gasteiger partial charge in [-0.15, -0.1) is 11.3 Å². The normalized spacial score (nSPS) is 10.5. The Morgan fingerprint density at radius 3 is 2.80 bits per heavy atom. The minimum Gasteiger partial charge on any atom is -0.493 e. The molecule has 1 aromatic carbocycles. The summed E-state index contributed by atoms with van der Waals surface area (Å²) in [5.74, 6) is 0.737. The molecular weight excluding hydrogens is 344 g/mol. The summed E-state index contributed by atoms with van der Waals surface area (Å²) in [6.45, 7) is 1.77. The maximum atomic E-state index is 11.9. The number of aromatic nitrogens is 2. The van der Waals surface area contributed by atoms with Crippen LogP contribution in [0.1, 0.15) is 21.9 Å². The molecule has 0 amide bonds. The van der Waals surface area contributed by atoms with Gasteiger partial charge in [0, 0.05) is 11.4 Å². The van der Waals surface area contributed by atoms with Crippen LogP contribution in [0.3, 0.4) is 0 Å². The molecule has 7 nitrogen and oxygen atoms in total. The molecule has 0 saturated carbocycles. The van der Waals surface area contributed by atoms with Crippen LogP contribution in [0.25, 0.3) is 10.6 Å². The van der Waals surface area contributed by atoms with Crippen LogP contribution in [0.2, 0.25) is 0 Å². The second kappa shape index (κ2) is 7.35. The van der Waals surface area contributed by atoms with Crippen molar-refractivity contribution in [1.29, 1.82) is 0 Å². The lowest BCUT2D eigenvalue weighted by atomic mass is 10.2. The highest BCUT2D eigenvalue weighted by atomic mass is 32.1. The Kier molecular flexibility index (Phi) is 4.99. The van der Waals surface area contributed by atoms with Gasteiger partial charge in [-0.25, -0.2) is 9.78 Å². The summed E-state index contributed by atoms with van der Waals surface area (Å²) >= 11 is 1.43. The van der Waals surface area contributed by atoms with Gasteiger partial charge < -0.3 is 18.7 Å². The largest absolute Gasteiger partial charge is 0.493 e. The highest BCUT2D eigenvalue weighted by molar-refractivity contribution is 7.13. The van der Waals surface area contributed by atoms with E-state index in [4.69, 9.17) is 18.7 Å². The van der Waals surface area contributed by atoms with Crippen molar-refractivity contribution >= 4 is 17.3 Å². The second-order valence-electron chi connectivity index (χ2n) is 5.09. The first-order valence-corrected chi connectivity index (χ1v) is 8.26. The molecule has 25 heavy (non-hydrogen) atoms. The third-order valence-corrected chi connectivity index (χ3v) is 4.29. The lowest BCUT2D eigenvalue weighted by Gasteiger charge is -2.10. The van der Waals surface area contributed by atoms with E-state index in [9.17, 15) is 4.79 Å². The first-order chi connectivity index (χ1) is 12.1. The molecule has 0 radical (unpaired) electrons. The molecule has 0 aliphatic rings. The fourth-order valence-corrected chi connectivity index (χ4v) is 3.05. The topological polar surface area (TPSA) is 83.7 Å². The van der Waals surface area contributed by atoms with Crippen molar-refractivity contribution in [1.82, 2.24) is 10.1 Å². The number of esters is 1. The van der Waals surface area contributed by atoms with Gasteiger partial charge in [0.1, 0.15) is 11.6 Å². The number of para-hydroxylation sites is 1. The number of ether oxygens (including phenoxy) is 3. The minimum absolute atomic E-state index is 0.0430. The Balaban J connectivity index is 1.74. The standard InChI is InChI=1S/C17H16N2O5S/c1-10-7-14(24-19-10)17(20)23-8-11-9-25-16(18-11)12-5-4-6-13(21-2)15(12)22-3/h4-7,9H,8H2,1-3H3.